The fraction of sp³-hybridized carbons (Fsp3) is 0.200. The molecular formula is C40H41NO5PS+. The molecule has 6 rings (SSSR count). The molecule has 6 aromatic carbocycles. The van der Waals surface area contributed by atoms with Crippen molar-refractivity contribution >= 4 is 54.7 Å². The molecule has 6 aromatic rings. The molecule has 1 N–H and O–H groups in total. The van der Waals surface area contributed by atoms with Crippen molar-refractivity contribution in [2.75, 3.05) is 39.5 Å². The van der Waals surface area contributed by atoms with Crippen LogP contribution in [-0.4, -0.2) is 57.0 Å². The normalized spacial score (nSPS) is 12.4. The molecule has 0 bridgehead atoms. The van der Waals surface area contributed by atoms with E-state index >= 15 is 0 Å². The van der Waals surface area contributed by atoms with Crippen LogP contribution in [0.1, 0.15) is 12.8 Å². The average molecular weight is 679 g/mol. The molecule has 0 aliphatic carbocycles. The SMILES string of the molecule is C[N+](C)(CCCOc1ccc2cc(-c3ccc4cc(P(=O)(c5ccccc5)c5ccccc5)ccc4c3)ccc2c1)CCCS(=O)(=O)O. The molecule has 0 heterocycles. The van der Waals surface area contributed by atoms with E-state index in [1.165, 1.54) is 0 Å². The molecule has 8 heteroatoms. The Labute approximate surface area is 283 Å². The number of quaternary nitrogens is 1. The third-order valence-electron chi connectivity index (χ3n) is 8.91. The van der Waals surface area contributed by atoms with Crippen molar-refractivity contribution in [3.63, 3.8) is 0 Å². The number of hydrogen-bond acceptors (Lipinski definition) is 4. The van der Waals surface area contributed by atoms with E-state index in [1.54, 1.807) is 0 Å². The molecular weight excluding hydrogens is 637 g/mol. The van der Waals surface area contributed by atoms with Crippen molar-refractivity contribution < 1.29 is 26.8 Å². The van der Waals surface area contributed by atoms with E-state index in [-0.39, 0.29) is 5.75 Å². The molecule has 0 amide bonds. The van der Waals surface area contributed by atoms with Crippen LogP contribution in [0.5, 0.6) is 5.75 Å². The van der Waals surface area contributed by atoms with Gasteiger partial charge in [0.2, 0.25) is 0 Å². The van der Waals surface area contributed by atoms with E-state index in [0.717, 1.165) is 67.3 Å². The van der Waals surface area contributed by atoms with Gasteiger partial charge in [0.15, 0.2) is 7.14 Å². The summed E-state index contributed by atoms with van der Waals surface area (Å²) in [5.41, 5.74) is 2.24. The van der Waals surface area contributed by atoms with Crippen LogP contribution in [0.25, 0.3) is 32.7 Å². The third kappa shape index (κ3) is 7.88. The van der Waals surface area contributed by atoms with Crippen LogP contribution in [0.3, 0.4) is 0 Å². The van der Waals surface area contributed by atoms with E-state index in [9.17, 15) is 13.0 Å². The average Bonchev–Trinajstić information content (AvgIpc) is 3.09. The van der Waals surface area contributed by atoms with E-state index in [0.29, 0.717) is 24.1 Å². The topological polar surface area (TPSA) is 80.7 Å². The Morgan fingerprint density at radius 2 is 1.10 bits per heavy atom. The lowest BCUT2D eigenvalue weighted by Gasteiger charge is -2.29. The van der Waals surface area contributed by atoms with Crippen LogP contribution in [0.15, 0.2) is 133 Å². The standard InChI is InChI=1S/C40H40NO5PS/c1-41(2,24-10-26-48(43,44)45)23-9-25-46-37-21-19-33-27-31(15-17-35(33)29-37)32-16-18-36-30-40(22-20-34(36)28-32)47(42,38-11-5-3-6-12-38)39-13-7-4-8-14-39/h3-8,11-22,27-30H,9-10,23-26H2,1-2H3/p+1. The van der Waals surface area contributed by atoms with E-state index in [1.807, 2.05) is 72.8 Å². The first-order valence-electron chi connectivity index (χ1n) is 16.2. The first-order chi connectivity index (χ1) is 23.0. The molecule has 0 radical (unpaired) electrons. The van der Waals surface area contributed by atoms with Crippen LogP contribution in [-0.2, 0) is 14.7 Å². The minimum absolute atomic E-state index is 0.208. The van der Waals surface area contributed by atoms with Crippen molar-refractivity contribution in [3.8, 4) is 16.9 Å². The molecule has 0 unspecified atom stereocenters. The zero-order valence-corrected chi connectivity index (χ0v) is 29.0. The monoisotopic (exact) mass is 678 g/mol. The minimum Gasteiger partial charge on any atom is -0.493 e. The second-order valence-corrected chi connectivity index (χ2v) is 17.3. The molecule has 0 fully saturated rings. The highest BCUT2D eigenvalue weighted by molar-refractivity contribution is 7.85. The van der Waals surface area contributed by atoms with Gasteiger partial charge in [-0.15, -0.1) is 0 Å². The molecule has 246 valence electrons. The number of fused-ring (bicyclic) bond motifs is 2. The summed E-state index contributed by atoms with van der Waals surface area (Å²) in [4.78, 5) is 0. The summed E-state index contributed by atoms with van der Waals surface area (Å²) in [5.74, 6) is 0.608. The van der Waals surface area contributed by atoms with Gasteiger partial charge in [-0.3, -0.25) is 4.55 Å². The van der Waals surface area contributed by atoms with Crippen molar-refractivity contribution in [1.82, 2.24) is 0 Å². The van der Waals surface area contributed by atoms with Crippen LogP contribution in [0.4, 0.5) is 0 Å². The number of hydrogen-bond donors (Lipinski definition) is 1. The van der Waals surface area contributed by atoms with Gasteiger partial charge in [0.25, 0.3) is 10.1 Å². The summed E-state index contributed by atoms with van der Waals surface area (Å²) < 4.78 is 52.5. The molecule has 0 saturated carbocycles. The fourth-order valence-electron chi connectivity index (χ4n) is 6.29. The predicted octanol–water partition coefficient (Wildman–Crippen LogP) is 7.42. The molecule has 6 nitrogen and oxygen atoms in total. The Morgan fingerprint density at radius 3 is 1.69 bits per heavy atom. The summed E-state index contributed by atoms with van der Waals surface area (Å²) in [6.07, 6.45) is 1.25. The lowest BCUT2D eigenvalue weighted by atomic mass is 9.98. The van der Waals surface area contributed by atoms with Gasteiger partial charge in [-0.05, 0) is 63.0 Å². The van der Waals surface area contributed by atoms with Gasteiger partial charge in [-0.25, -0.2) is 0 Å². The summed E-state index contributed by atoms with van der Waals surface area (Å²) in [7, 11) is -2.85. The van der Waals surface area contributed by atoms with Crippen LogP contribution in [0, 0.1) is 0 Å². The number of rotatable bonds is 13. The minimum atomic E-state index is -3.92. The van der Waals surface area contributed by atoms with Gasteiger partial charge in [0, 0.05) is 28.8 Å². The summed E-state index contributed by atoms with van der Waals surface area (Å²) in [5, 5.41) is 6.83. The molecule has 0 aliphatic rings. The van der Waals surface area contributed by atoms with Crippen molar-refractivity contribution in [3.05, 3.63) is 133 Å². The Bertz CT molecular complexity index is 2160. The lowest BCUT2D eigenvalue weighted by molar-refractivity contribution is -0.890. The summed E-state index contributed by atoms with van der Waals surface area (Å²) >= 11 is 0. The van der Waals surface area contributed by atoms with Crippen molar-refractivity contribution in [2.45, 2.75) is 12.8 Å². The van der Waals surface area contributed by atoms with Crippen LogP contribution < -0.4 is 20.7 Å². The maximum Gasteiger partial charge on any atom is 0.265 e. The largest absolute Gasteiger partial charge is 0.493 e. The molecule has 0 atom stereocenters. The van der Waals surface area contributed by atoms with Gasteiger partial charge < -0.3 is 13.8 Å². The fourth-order valence-corrected chi connectivity index (χ4v) is 9.47. The maximum atomic E-state index is 14.8. The third-order valence-corrected chi connectivity index (χ3v) is 12.8. The lowest BCUT2D eigenvalue weighted by Crippen LogP contribution is -2.42. The van der Waals surface area contributed by atoms with Crippen LogP contribution in [0.2, 0.25) is 0 Å². The first-order valence-corrected chi connectivity index (χ1v) is 19.5. The molecule has 0 saturated heterocycles. The molecule has 0 spiro atoms. The highest BCUT2D eigenvalue weighted by Crippen LogP contribution is 2.43. The zero-order chi connectivity index (χ0) is 33.8. The summed E-state index contributed by atoms with van der Waals surface area (Å²) in [6.45, 7) is 2.07. The van der Waals surface area contributed by atoms with Gasteiger partial charge >= 0.3 is 0 Å². The predicted molar refractivity (Wildman–Crippen MR) is 199 cm³/mol. The maximum absolute atomic E-state index is 14.8. The smallest absolute Gasteiger partial charge is 0.265 e. The van der Waals surface area contributed by atoms with Crippen LogP contribution >= 0.6 is 7.14 Å². The Morgan fingerprint density at radius 1 is 0.604 bits per heavy atom. The highest BCUT2D eigenvalue weighted by Gasteiger charge is 2.29. The molecule has 0 aromatic heterocycles. The number of ether oxygens (including phenoxy) is 1. The molecule has 0 aliphatic heterocycles. The number of benzene rings is 6. The van der Waals surface area contributed by atoms with Gasteiger partial charge in [-0.1, -0.05) is 103 Å². The van der Waals surface area contributed by atoms with E-state index in [4.69, 9.17) is 9.29 Å². The summed E-state index contributed by atoms with van der Waals surface area (Å²) in [6, 6.07) is 44.7. The highest BCUT2D eigenvalue weighted by atomic mass is 32.2. The van der Waals surface area contributed by atoms with E-state index in [2.05, 4.69) is 74.8 Å². The van der Waals surface area contributed by atoms with Crippen molar-refractivity contribution in [2.24, 2.45) is 0 Å². The van der Waals surface area contributed by atoms with Gasteiger partial charge in [0.1, 0.15) is 5.75 Å². The van der Waals surface area contributed by atoms with Gasteiger partial charge in [0.05, 0.1) is 39.5 Å². The second kappa shape index (κ2) is 14.1. The Hall–Kier alpha value is -4.26. The first kappa shape index (κ1) is 33.6. The Kier molecular flexibility index (Phi) is 9.86. The molecule has 48 heavy (non-hydrogen) atoms. The quantitative estimate of drug-likeness (QED) is 0.0595. The van der Waals surface area contributed by atoms with E-state index < -0.39 is 17.3 Å². The zero-order valence-electron chi connectivity index (χ0n) is 27.3. The number of nitrogens with zero attached hydrogens (tertiary/aromatic N) is 1. The van der Waals surface area contributed by atoms with Gasteiger partial charge in [-0.2, -0.15) is 8.42 Å². The second-order valence-electron chi connectivity index (χ2n) is 13.0. The van der Waals surface area contributed by atoms with Crippen molar-refractivity contribution in [1.29, 1.82) is 0 Å². The Balaban J connectivity index is 1.16.